The van der Waals surface area contributed by atoms with Crippen LogP contribution >= 0.6 is 0 Å². The van der Waals surface area contributed by atoms with Gasteiger partial charge in [-0.2, -0.15) is 0 Å². The van der Waals surface area contributed by atoms with Crippen molar-refractivity contribution in [2.24, 2.45) is 0 Å². The van der Waals surface area contributed by atoms with E-state index in [-0.39, 0.29) is 21.1 Å². The predicted octanol–water partition coefficient (Wildman–Crippen LogP) is 2.17. The molecule has 0 fully saturated rings. The van der Waals surface area contributed by atoms with Crippen molar-refractivity contribution in [3.05, 3.63) is 36.5 Å². The zero-order valence-corrected chi connectivity index (χ0v) is 8.31. The molecule has 2 heteroatoms. The second kappa shape index (κ2) is 3.02. The fourth-order valence-electron chi connectivity index (χ4n) is 0.995. The third-order valence-corrected chi connectivity index (χ3v) is 1.46. The topological polar surface area (TPSA) is 15.8 Å². The summed E-state index contributed by atoms with van der Waals surface area (Å²) in [6, 6.07) is 10.3. The van der Waals surface area contributed by atoms with E-state index in [2.05, 4.69) is 23.2 Å². The molecule has 1 heterocycles. The monoisotopic (exact) mass is 301 g/mol. The van der Waals surface area contributed by atoms with Crippen LogP contribution in [0.2, 0.25) is 0 Å². The van der Waals surface area contributed by atoms with E-state index >= 15 is 0 Å². The Morgan fingerprint density at radius 1 is 1.00 bits per heavy atom. The molecule has 2 aromatic rings. The molecule has 0 unspecified atom stereocenters. The molecule has 50 valence electrons. The standard InChI is InChI=1S/C8H7N.W/c1-2-4-8-7(3-1)5-6-9-8;/h1-6,9H;. The number of H-pyrrole nitrogens is 1. The van der Waals surface area contributed by atoms with Gasteiger partial charge in [-0.25, -0.2) is 0 Å². The Bertz CT molecular complexity index is 283. The van der Waals surface area contributed by atoms with Crippen LogP contribution in [0.5, 0.6) is 0 Å². The van der Waals surface area contributed by atoms with E-state index in [0.717, 1.165) is 0 Å². The first-order chi connectivity index (χ1) is 4.47. The fourth-order valence-corrected chi connectivity index (χ4v) is 0.995. The minimum Gasteiger partial charge on any atom is -0.361 e. The van der Waals surface area contributed by atoms with Crippen molar-refractivity contribution >= 4 is 10.9 Å². The van der Waals surface area contributed by atoms with Gasteiger partial charge in [-0.3, -0.25) is 0 Å². The number of hydrogen-bond acceptors (Lipinski definition) is 0. The molecule has 10 heavy (non-hydrogen) atoms. The zero-order chi connectivity index (χ0) is 6.10. The minimum absolute atomic E-state index is 0. The van der Waals surface area contributed by atoms with Crippen LogP contribution in [0, 0.1) is 0 Å². The summed E-state index contributed by atoms with van der Waals surface area (Å²) in [7, 11) is 0. The molecule has 0 aliphatic heterocycles. The van der Waals surface area contributed by atoms with Crippen LogP contribution in [-0.2, 0) is 21.1 Å². The SMILES string of the molecule is [W].c1ccc2[nH]ccc2c1. The van der Waals surface area contributed by atoms with Crippen LogP contribution in [0.3, 0.4) is 0 Å². The molecule has 1 nitrogen and oxygen atoms in total. The number of rotatable bonds is 0. The molecule has 0 bridgehead atoms. The molecule has 1 aromatic heterocycles. The van der Waals surface area contributed by atoms with Gasteiger partial charge in [0.1, 0.15) is 0 Å². The van der Waals surface area contributed by atoms with Crippen molar-refractivity contribution in [2.75, 3.05) is 0 Å². The molecular formula is C8H7NW. The van der Waals surface area contributed by atoms with Crippen LogP contribution in [0.1, 0.15) is 0 Å². The summed E-state index contributed by atoms with van der Waals surface area (Å²) in [5.74, 6) is 0. The third-order valence-electron chi connectivity index (χ3n) is 1.46. The second-order valence-electron chi connectivity index (χ2n) is 2.06. The molecule has 0 saturated heterocycles. The van der Waals surface area contributed by atoms with E-state index in [1.165, 1.54) is 10.9 Å². The van der Waals surface area contributed by atoms with Gasteiger partial charge in [0, 0.05) is 32.8 Å². The molecular weight excluding hydrogens is 294 g/mol. The molecule has 1 N–H and O–H groups in total. The Balaban J connectivity index is 0.000000500. The van der Waals surface area contributed by atoms with Crippen molar-refractivity contribution in [1.29, 1.82) is 0 Å². The van der Waals surface area contributed by atoms with Gasteiger partial charge in [-0.15, -0.1) is 0 Å². The number of benzene rings is 1. The maximum absolute atomic E-state index is 3.12. The zero-order valence-electron chi connectivity index (χ0n) is 5.37. The number of fused-ring (bicyclic) bond motifs is 1. The quantitative estimate of drug-likeness (QED) is 0.767. The van der Waals surface area contributed by atoms with Crippen molar-refractivity contribution in [2.45, 2.75) is 0 Å². The average molecular weight is 301 g/mol. The van der Waals surface area contributed by atoms with Crippen molar-refractivity contribution in [1.82, 2.24) is 4.98 Å². The van der Waals surface area contributed by atoms with Crippen LogP contribution in [0.25, 0.3) is 10.9 Å². The Kier molecular flexibility index (Phi) is 2.28. The van der Waals surface area contributed by atoms with Crippen LogP contribution in [0.15, 0.2) is 36.5 Å². The van der Waals surface area contributed by atoms with Gasteiger partial charge >= 0.3 is 0 Å². The summed E-state index contributed by atoms with van der Waals surface area (Å²) < 4.78 is 0. The maximum Gasteiger partial charge on any atom is 0.0453 e. The van der Waals surface area contributed by atoms with E-state index in [1.54, 1.807) is 0 Å². The van der Waals surface area contributed by atoms with Crippen LogP contribution in [-0.4, -0.2) is 4.98 Å². The first-order valence-electron chi connectivity index (χ1n) is 2.99. The van der Waals surface area contributed by atoms with Crippen molar-refractivity contribution < 1.29 is 21.1 Å². The maximum atomic E-state index is 3.12. The summed E-state index contributed by atoms with van der Waals surface area (Å²) in [6.07, 6.45) is 1.95. The smallest absolute Gasteiger partial charge is 0.0453 e. The first-order valence-corrected chi connectivity index (χ1v) is 2.99. The number of para-hydroxylation sites is 1. The number of aromatic amines is 1. The normalized spacial score (nSPS) is 9.20. The van der Waals surface area contributed by atoms with E-state index < -0.39 is 0 Å². The fraction of sp³-hybridized carbons (Fsp3) is 0. The van der Waals surface area contributed by atoms with Gasteiger partial charge in [0.2, 0.25) is 0 Å². The molecule has 1 aromatic carbocycles. The van der Waals surface area contributed by atoms with E-state index in [9.17, 15) is 0 Å². The first kappa shape index (κ1) is 7.55. The Hall–Kier alpha value is -0.552. The largest absolute Gasteiger partial charge is 0.361 e. The number of nitrogens with one attached hydrogen (secondary N) is 1. The molecule has 0 aliphatic carbocycles. The number of aromatic nitrogens is 1. The van der Waals surface area contributed by atoms with Gasteiger partial charge in [0.05, 0.1) is 0 Å². The summed E-state index contributed by atoms with van der Waals surface area (Å²) in [5, 5.41) is 1.28. The molecule has 0 aliphatic rings. The molecule has 0 amide bonds. The average Bonchev–Trinajstić information content (AvgIpc) is 2.33. The van der Waals surface area contributed by atoms with Gasteiger partial charge in [-0.05, 0) is 17.5 Å². The Morgan fingerprint density at radius 3 is 2.60 bits per heavy atom. The molecule has 0 spiro atoms. The second-order valence-corrected chi connectivity index (χ2v) is 2.06. The van der Waals surface area contributed by atoms with Crippen LogP contribution in [0.4, 0.5) is 0 Å². The summed E-state index contributed by atoms with van der Waals surface area (Å²) in [6.45, 7) is 0. The molecule has 0 saturated carbocycles. The van der Waals surface area contributed by atoms with Crippen LogP contribution < -0.4 is 0 Å². The van der Waals surface area contributed by atoms with E-state index in [4.69, 9.17) is 0 Å². The van der Waals surface area contributed by atoms with Gasteiger partial charge in [0.25, 0.3) is 0 Å². The van der Waals surface area contributed by atoms with Crippen molar-refractivity contribution in [3.63, 3.8) is 0 Å². The van der Waals surface area contributed by atoms with E-state index in [1.807, 2.05) is 18.3 Å². The number of hydrogen-bond donors (Lipinski definition) is 1. The summed E-state index contributed by atoms with van der Waals surface area (Å²) in [5.41, 5.74) is 1.21. The van der Waals surface area contributed by atoms with Gasteiger partial charge in [0.15, 0.2) is 0 Å². The molecule has 2 rings (SSSR count). The minimum atomic E-state index is 0. The Morgan fingerprint density at radius 2 is 1.80 bits per heavy atom. The Labute approximate surface area is 73.7 Å². The van der Waals surface area contributed by atoms with Gasteiger partial charge in [-0.1, -0.05) is 18.2 Å². The van der Waals surface area contributed by atoms with Crippen molar-refractivity contribution in [3.8, 4) is 0 Å². The summed E-state index contributed by atoms with van der Waals surface area (Å²) >= 11 is 0. The third kappa shape index (κ3) is 1.14. The van der Waals surface area contributed by atoms with Gasteiger partial charge < -0.3 is 4.98 Å². The van der Waals surface area contributed by atoms with E-state index in [0.29, 0.717) is 0 Å². The molecule has 0 radical (unpaired) electrons. The molecule has 0 atom stereocenters. The predicted molar refractivity (Wildman–Crippen MR) is 38.3 cm³/mol. The summed E-state index contributed by atoms with van der Waals surface area (Å²) in [4.78, 5) is 3.12.